The van der Waals surface area contributed by atoms with Crippen molar-refractivity contribution in [2.75, 3.05) is 19.8 Å². The van der Waals surface area contributed by atoms with Crippen molar-refractivity contribution in [1.82, 2.24) is 15.3 Å². The van der Waals surface area contributed by atoms with Crippen LogP contribution in [0.5, 0.6) is 5.75 Å². The van der Waals surface area contributed by atoms with Crippen LogP contribution in [0.1, 0.15) is 38.3 Å². The van der Waals surface area contributed by atoms with Crippen LogP contribution in [0.2, 0.25) is 0 Å². The first kappa shape index (κ1) is 22.1. The average molecular weight is 405 g/mol. The lowest BCUT2D eigenvalue weighted by Crippen LogP contribution is -2.34. The maximum Gasteiger partial charge on any atom is 0.407 e. The van der Waals surface area contributed by atoms with Crippen molar-refractivity contribution in [3.8, 4) is 5.75 Å². The Bertz CT molecular complexity index is 909. The standard InChI is InChI=1S/C20H24FN3O5/c1-5-27-18(25)17-22-11-14-8-15(6-7-16(14)24-17)28-12-13(9-21)10-23-19(26)29-20(2,3)4/h6-9,11H,5,10,12H2,1-4H3,(H,23,26)/b13-9+. The van der Waals surface area contributed by atoms with E-state index in [1.165, 1.54) is 6.20 Å². The van der Waals surface area contributed by atoms with Crippen LogP contribution < -0.4 is 10.1 Å². The highest BCUT2D eigenvalue weighted by Crippen LogP contribution is 2.20. The van der Waals surface area contributed by atoms with E-state index in [0.29, 0.717) is 23.0 Å². The third-order valence-electron chi connectivity index (χ3n) is 3.45. The van der Waals surface area contributed by atoms with Gasteiger partial charge in [0, 0.05) is 23.7 Å². The molecule has 9 heteroatoms. The van der Waals surface area contributed by atoms with Gasteiger partial charge in [-0.25, -0.2) is 23.9 Å². The molecule has 0 aliphatic heterocycles. The minimum atomic E-state index is -0.642. The van der Waals surface area contributed by atoms with Gasteiger partial charge in [-0.3, -0.25) is 0 Å². The zero-order chi connectivity index (χ0) is 21.4. The van der Waals surface area contributed by atoms with Crippen LogP contribution in [-0.2, 0) is 9.47 Å². The van der Waals surface area contributed by atoms with Gasteiger partial charge in [-0.1, -0.05) is 0 Å². The van der Waals surface area contributed by atoms with Crippen LogP contribution in [0.15, 0.2) is 36.3 Å². The third kappa shape index (κ3) is 7.02. The molecule has 0 bridgehead atoms. The first-order chi connectivity index (χ1) is 13.7. The summed E-state index contributed by atoms with van der Waals surface area (Å²) in [5.41, 5.74) is 0.133. The summed E-state index contributed by atoms with van der Waals surface area (Å²) in [5.74, 6) is -0.157. The van der Waals surface area contributed by atoms with Crippen molar-refractivity contribution >= 4 is 23.0 Å². The number of halogens is 1. The van der Waals surface area contributed by atoms with E-state index in [1.807, 2.05) is 0 Å². The Hall–Kier alpha value is -3.23. The topological polar surface area (TPSA) is 99.6 Å². The number of nitrogens with zero attached hydrogens (tertiary/aromatic N) is 2. The van der Waals surface area contributed by atoms with Gasteiger partial charge < -0.3 is 19.5 Å². The number of fused-ring (bicyclic) bond motifs is 1. The van der Waals surface area contributed by atoms with Crippen LogP contribution in [0.4, 0.5) is 9.18 Å². The molecule has 0 aliphatic carbocycles. The van der Waals surface area contributed by atoms with Crippen molar-refractivity contribution in [2.24, 2.45) is 0 Å². The highest BCUT2D eigenvalue weighted by Gasteiger charge is 2.16. The lowest BCUT2D eigenvalue weighted by Gasteiger charge is -2.20. The van der Waals surface area contributed by atoms with Gasteiger partial charge in [0.15, 0.2) is 0 Å². The minimum absolute atomic E-state index is 0.0242. The zero-order valence-electron chi connectivity index (χ0n) is 16.8. The summed E-state index contributed by atoms with van der Waals surface area (Å²) < 4.78 is 28.6. The summed E-state index contributed by atoms with van der Waals surface area (Å²) in [5, 5.41) is 3.12. The Balaban J connectivity index is 1.96. The van der Waals surface area contributed by atoms with Crippen LogP contribution in [-0.4, -0.2) is 47.4 Å². The molecule has 0 spiro atoms. The minimum Gasteiger partial charge on any atom is -0.489 e. The van der Waals surface area contributed by atoms with Gasteiger partial charge in [0.1, 0.15) is 18.0 Å². The number of nitrogens with one attached hydrogen (secondary N) is 1. The SMILES string of the molecule is CCOC(=O)c1ncc2cc(OC/C(=C/F)CNC(=O)OC(C)(C)C)ccc2n1. The van der Waals surface area contributed by atoms with Crippen molar-refractivity contribution in [1.29, 1.82) is 0 Å². The molecule has 0 fully saturated rings. The Labute approximate surface area is 168 Å². The molecule has 156 valence electrons. The molecule has 1 N–H and O–H groups in total. The Morgan fingerprint density at radius 2 is 2.03 bits per heavy atom. The largest absolute Gasteiger partial charge is 0.489 e. The van der Waals surface area contributed by atoms with E-state index in [1.54, 1.807) is 45.9 Å². The zero-order valence-corrected chi connectivity index (χ0v) is 16.8. The number of carbonyl (C=O) groups is 2. The molecule has 1 aromatic heterocycles. The normalized spacial score (nSPS) is 11.8. The van der Waals surface area contributed by atoms with E-state index in [2.05, 4.69) is 15.3 Å². The summed E-state index contributed by atoms with van der Waals surface area (Å²) in [6.07, 6.45) is 1.22. The van der Waals surface area contributed by atoms with Gasteiger partial charge in [-0.2, -0.15) is 0 Å². The number of esters is 1. The number of rotatable bonds is 7. The summed E-state index contributed by atoms with van der Waals surface area (Å²) in [7, 11) is 0. The number of amides is 1. The van der Waals surface area contributed by atoms with Gasteiger partial charge >= 0.3 is 12.1 Å². The molecule has 0 radical (unpaired) electrons. The molecule has 2 rings (SSSR count). The molecule has 2 aromatic rings. The fraction of sp³-hybridized carbons (Fsp3) is 0.400. The van der Waals surface area contributed by atoms with Gasteiger partial charge in [-0.05, 0) is 45.9 Å². The molecular formula is C20H24FN3O5. The number of hydrogen-bond acceptors (Lipinski definition) is 7. The van der Waals surface area contributed by atoms with Gasteiger partial charge in [0.05, 0.1) is 18.5 Å². The first-order valence-electron chi connectivity index (χ1n) is 9.03. The number of carbonyl (C=O) groups excluding carboxylic acids is 2. The number of aromatic nitrogens is 2. The molecular weight excluding hydrogens is 381 g/mol. The summed E-state index contributed by atoms with van der Waals surface area (Å²) in [6, 6.07) is 4.97. The van der Waals surface area contributed by atoms with E-state index < -0.39 is 17.7 Å². The first-order valence-corrected chi connectivity index (χ1v) is 9.03. The Morgan fingerprint density at radius 1 is 1.28 bits per heavy atom. The van der Waals surface area contributed by atoms with E-state index in [0.717, 1.165) is 0 Å². The molecule has 1 amide bonds. The van der Waals surface area contributed by atoms with Gasteiger partial charge in [-0.15, -0.1) is 0 Å². The molecule has 8 nitrogen and oxygen atoms in total. The second-order valence-electron chi connectivity index (χ2n) is 7.05. The van der Waals surface area contributed by atoms with Crippen LogP contribution in [0, 0.1) is 0 Å². The summed E-state index contributed by atoms with van der Waals surface area (Å²) in [4.78, 5) is 31.5. The molecule has 0 atom stereocenters. The number of alkyl carbamates (subject to hydrolysis) is 1. The van der Waals surface area contributed by atoms with Gasteiger partial charge in [0.25, 0.3) is 0 Å². The molecule has 0 unspecified atom stereocenters. The third-order valence-corrected chi connectivity index (χ3v) is 3.45. The van der Waals surface area contributed by atoms with E-state index in [9.17, 15) is 14.0 Å². The van der Waals surface area contributed by atoms with E-state index in [-0.39, 0.29) is 31.2 Å². The lowest BCUT2D eigenvalue weighted by atomic mass is 10.2. The van der Waals surface area contributed by atoms with Crippen molar-refractivity contribution in [3.05, 3.63) is 42.1 Å². The summed E-state index contributed by atoms with van der Waals surface area (Å²) >= 11 is 0. The fourth-order valence-electron chi connectivity index (χ4n) is 2.19. The predicted octanol–water partition coefficient (Wildman–Crippen LogP) is 3.56. The maximum atomic E-state index is 13.1. The molecule has 0 aliphatic rings. The molecule has 29 heavy (non-hydrogen) atoms. The Morgan fingerprint density at radius 3 is 2.69 bits per heavy atom. The molecule has 1 heterocycles. The average Bonchev–Trinajstić information content (AvgIpc) is 2.66. The van der Waals surface area contributed by atoms with Gasteiger partial charge in [0.2, 0.25) is 5.82 Å². The van der Waals surface area contributed by atoms with Crippen LogP contribution in [0.25, 0.3) is 10.9 Å². The van der Waals surface area contributed by atoms with E-state index in [4.69, 9.17) is 14.2 Å². The highest BCUT2D eigenvalue weighted by atomic mass is 19.1. The van der Waals surface area contributed by atoms with Crippen molar-refractivity contribution in [3.63, 3.8) is 0 Å². The number of benzene rings is 1. The molecule has 0 saturated heterocycles. The highest BCUT2D eigenvalue weighted by molar-refractivity contribution is 5.88. The van der Waals surface area contributed by atoms with Crippen molar-refractivity contribution in [2.45, 2.75) is 33.3 Å². The maximum absolute atomic E-state index is 13.1. The smallest absolute Gasteiger partial charge is 0.407 e. The summed E-state index contributed by atoms with van der Waals surface area (Å²) in [6.45, 7) is 7.03. The van der Waals surface area contributed by atoms with E-state index >= 15 is 0 Å². The second-order valence-corrected chi connectivity index (χ2v) is 7.05. The number of hydrogen-bond donors (Lipinski definition) is 1. The molecule has 0 saturated carbocycles. The van der Waals surface area contributed by atoms with Crippen LogP contribution in [0.3, 0.4) is 0 Å². The lowest BCUT2D eigenvalue weighted by molar-refractivity contribution is 0.0508. The second kappa shape index (κ2) is 9.81. The van der Waals surface area contributed by atoms with Crippen molar-refractivity contribution < 1.29 is 28.2 Å². The van der Waals surface area contributed by atoms with Crippen LogP contribution >= 0.6 is 0 Å². The monoisotopic (exact) mass is 405 g/mol. The molecule has 1 aromatic carbocycles. The Kier molecular flexibility index (Phi) is 7.46. The quantitative estimate of drug-likeness (QED) is 0.703. The fourth-order valence-corrected chi connectivity index (χ4v) is 2.19. The predicted molar refractivity (Wildman–Crippen MR) is 104 cm³/mol. The number of ether oxygens (including phenoxy) is 3.